The number of aromatic nitrogens is 1. The van der Waals surface area contributed by atoms with Crippen molar-refractivity contribution in [2.24, 2.45) is 5.92 Å². The summed E-state index contributed by atoms with van der Waals surface area (Å²) >= 11 is 1.61. The molecule has 29 heavy (non-hydrogen) atoms. The van der Waals surface area contributed by atoms with Crippen molar-refractivity contribution < 1.29 is 18.8 Å². The molecule has 1 atom stereocenters. The zero-order valence-electron chi connectivity index (χ0n) is 15.9. The minimum absolute atomic E-state index is 0.0157. The molecule has 0 radical (unpaired) electrons. The second kappa shape index (κ2) is 8.53. The van der Waals surface area contributed by atoms with Crippen LogP contribution in [0.15, 0.2) is 70.1 Å². The van der Waals surface area contributed by atoms with E-state index >= 15 is 0 Å². The summed E-state index contributed by atoms with van der Waals surface area (Å²) < 4.78 is 10.7. The second-order valence-corrected chi connectivity index (χ2v) is 7.64. The standard InChI is InChI=1S/C22H20N2O4S/c1-29-19-9-5-8-18(12-19)24-13-16(10-21(24)25)22(26)27-14-17-11-20(28-23-17)15-6-3-2-4-7-15/h2-9,11-12,16H,10,13-14H2,1H3. The first-order valence-electron chi connectivity index (χ1n) is 9.26. The summed E-state index contributed by atoms with van der Waals surface area (Å²) in [6.45, 7) is 0.339. The molecule has 6 nitrogen and oxygen atoms in total. The molecule has 1 aromatic heterocycles. The molecule has 7 heteroatoms. The maximum Gasteiger partial charge on any atom is 0.311 e. The molecule has 1 aliphatic heterocycles. The lowest BCUT2D eigenvalue weighted by Gasteiger charge is -2.17. The largest absolute Gasteiger partial charge is 0.459 e. The van der Waals surface area contributed by atoms with Crippen molar-refractivity contribution in [1.29, 1.82) is 0 Å². The van der Waals surface area contributed by atoms with Gasteiger partial charge in [-0.3, -0.25) is 9.59 Å². The molecule has 1 saturated heterocycles. The lowest BCUT2D eigenvalue weighted by molar-refractivity contribution is -0.149. The molecule has 0 spiro atoms. The smallest absolute Gasteiger partial charge is 0.311 e. The van der Waals surface area contributed by atoms with Gasteiger partial charge >= 0.3 is 5.97 Å². The molecule has 1 unspecified atom stereocenters. The Labute approximate surface area is 172 Å². The zero-order chi connectivity index (χ0) is 20.2. The van der Waals surface area contributed by atoms with Gasteiger partial charge < -0.3 is 14.2 Å². The Morgan fingerprint density at radius 1 is 1.21 bits per heavy atom. The molecule has 148 valence electrons. The van der Waals surface area contributed by atoms with E-state index < -0.39 is 11.9 Å². The summed E-state index contributed by atoms with van der Waals surface area (Å²) in [5.74, 6) is -0.336. The first kappa shape index (κ1) is 19.3. The molecule has 3 aromatic rings. The van der Waals surface area contributed by atoms with Gasteiger partial charge in [-0.2, -0.15) is 0 Å². The van der Waals surface area contributed by atoms with Crippen molar-refractivity contribution in [3.63, 3.8) is 0 Å². The SMILES string of the molecule is CSc1cccc(N2CC(C(=O)OCc3cc(-c4ccccc4)on3)CC2=O)c1. The van der Waals surface area contributed by atoms with Gasteiger partial charge in [0.05, 0.1) is 5.92 Å². The van der Waals surface area contributed by atoms with Crippen LogP contribution in [0.2, 0.25) is 0 Å². The highest BCUT2D eigenvalue weighted by atomic mass is 32.2. The van der Waals surface area contributed by atoms with Gasteiger partial charge in [-0.1, -0.05) is 41.6 Å². The third-order valence-electron chi connectivity index (χ3n) is 4.80. The number of nitrogens with zero attached hydrogens (tertiary/aromatic N) is 2. The molecule has 0 saturated carbocycles. The number of carbonyl (C=O) groups is 2. The van der Waals surface area contributed by atoms with E-state index in [1.807, 2.05) is 60.9 Å². The molecule has 0 N–H and O–H groups in total. The third kappa shape index (κ3) is 4.35. The average Bonchev–Trinajstić information content (AvgIpc) is 3.39. The van der Waals surface area contributed by atoms with Gasteiger partial charge in [0.15, 0.2) is 5.76 Å². The van der Waals surface area contributed by atoms with Crippen LogP contribution in [0.4, 0.5) is 5.69 Å². The zero-order valence-corrected chi connectivity index (χ0v) is 16.7. The minimum atomic E-state index is -0.485. The van der Waals surface area contributed by atoms with E-state index in [2.05, 4.69) is 5.16 Å². The Bertz CT molecular complexity index is 1020. The Hall–Kier alpha value is -3.06. The summed E-state index contributed by atoms with van der Waals surface area (Å²) in [5.41, 5.74) is 2.24. The average molecular weight is 408 g/mol. The van der Waals surface area contributed by atoms with Gasteiger partial charge in [-0.15, -0.1) is 11.8 Å². The van der Waals surface area contributed by atoms with Gasteiger partial charge in [-0.05, 0) is 24.5 Å². The maximum absolute atomic E-state index is 12.5. The number of hydrogen-bond donors (Lipinski definition) is 0. The number of thioether (sulfide) groups is 1. The Kier molecular flexibility index (Phi) is 5.67. The number of amides is 1. The van der Waals surface area contributed by atoms with E-state index in [1.54, 1.807) is 22.7 Å². The fourth-order valence-electron chi connectivity index (χ4n) is 3.27. The van der Waals surface area contributed by atoms with Gasteiger partial charge in [0.2, 0.25) is 5.91 Å². The lowest BCUT2D eigenvalue weighted by atomic mass is 10.1. The predicted octanol–water partition coefficient (Wildman–Crippen LogP) is 4.16. The second-order valence-electron chi connectivity index (χ2n) is 6.76. The highest BCUT2D eigenvalue weighted by Crippen LogP contribution is 2.29. The van der Waals surface area contributed by atoms with Gasteiger partial charge in [0.25, 0.3) is 0 Å². The number of esters is 1. The Morgan fingerprint density at radius 2 is 2.03 bits per heavy atom. The normalized spacial score (nSPS) is 16.2. The van der Waals surface area contributed by atoms with Crippen molar-refractivity contribution in [2.45, 2.75) is 17.9 Å². The van der Waals surface area contributed by atoms with Crippen LogP contribution >= 0.6 is 11.8 Å². The molecule has 4 rings (SSSR count). The number of hydrogen-bond acceptors (Lipinski definition) is 6. The summed E-state index contributed by atoms with van der Waals surface area (Å²) in [7, 11) is 0. The molecule has 0 aliphatic carbocycles. The van der Waals surface area contributed by atoms with Crippen molar-refractivity contribution in [2.75, 3.05) is 17.7 Å². The number of anilines is 1. The fourth-order valence-corrected chi connectivity index (χ4v) is 3.73. The molecule has 0 bridgehead atoms. The van der Waals surface area contributed by atoms with E-state index in [-0.39, 0.29) is 18.9 Å². The Balaban J connectivity index is 1.36. The number of benzene rings is 2. The van der Waals surface area contributed by atoms with Crippen molar-refractivity contribution in [3.05, 3.63) is 66.4 Å². The van der Waals surface area contributed by atoms with Crippen molar-refractivity contribution >= 4 is 29.3 Å². The van der Waals surface area contributed by atoms with Crippen LogP contribution in [0.1, 0.15) is 12.1 Å². The minimum Gasteiger partial charge on any atom is -0.459 e. The van der Waals surface area contributed by atoms with Crippen LogP contribution in [0.25, 0.3) is 11.3 Å². The molecular weight excluding hydrogens is 388 g/mol. The van der Waals surface area contributed by atoms with Crippen LogP contribution < -0.4 is 4.90 Å². The first-order valence-corrected chi connectivity index (χ1v) is 10.5. The predicted molar refractivity (Wildman–Crippen MR) is 110 cm³/mol. The highest BCUT2D eigenvalue weighted by molar-refractivity contribution is 7.98. The van der Waals surface area contributed by atoms with Gasteiger partial charge in [-0.25, -0.2) is 0 Å². The Morgan fingerprint density at radius 3 is 2.83 bits per heavy atom. The molecule has 2 heterocycles. The van der Waals surface area contributed by atoms with Crippen molar-refractivity contribution in [1.82, 2.24) is 5.16 Å². The molecule has 1 fully saturated rings. The van der Waals surface area contributed by atoms with E-state index in [0.29, 0.717) is 18.0 Å². The maximum atomic E-state index is 12.5. The number of carbonyl (C=O) groups excluding carboxylic acids is 2. The summed E-state index contributed by atoms with van der Waals surface area (Å²) in [6, 6.07) is 19.1. The monoisotopic (exact) mass is 408 g/mol. The van der Waals surface area contributed by atoms with Gasteiger partial charge in [0.1, 0.15) is 12.3 Å². The van der Waals surface area contributed by atoms with Crippen LogP contribution in [0.3, 0.4) is 0 Å². The topological polar surface area (TPSA) is 72.6 Å². The molecule has 2 aromatic carbocycles. The molecular formula is C22H20N2O4S. The fraction of sp³-hybridized carbons (Fsp3) is 0.227. The molecule has 1 aliphatic rings. The number of ether oxygens (including phenoxy) is 1. The van der Waals surface area contributed by atoms with Crippen molar-refractivity contribution in [3.8, 4) is 11.3 Å². The molecule has 1 amide bonds. The number of rotatable bonds is 6. The lowest BCUT2D eigenvalue weighted by Crippen LogP contribution is -2.26. The van der Waals surface area contributed by atoms with Crippen LogP contribution in [-0.2, 0) is 20.9 Å². The summed E-state index contributed by atoms with van der Waals surface area (Å²) in [6.07, 6.45) is 2.13. The quantitative estimate of drug-likeness (QED) is 0.450. The van der Waals surface area contributed by atoms with E-state index in [0.717, 1.165) is 16.1 Å². The van der Waals surface area contributed by atoms with E-state index in [1.165, 1.54) is 0 Å². The first-order chi connectivity index (χ1) is 14.1. The van der Waals surface area contributed by atoms with E-state index in [4.69, 9.17) is 9.26 Å². The van der Waals surface area contributed by atoms with E-state index in [9.17, 15) is 9.59 Å². The summed E-state index contributed by atoms with van der Waals surface area (Å²) in [4.78, 5) is 27.6. The third-order valence-corrected chi connectivity index (χ3v) is 5.53. The summed E-state index contributed by atoms with van der Waals surface area (Å²) in [5, 5.41) is 3.96. The highest BCUT2D eigenvalue weighted by Gasteiger charge is 2.36. The van der Waals surface area contributed by atoms with Crippen LogP contribution in [0, 0.1) is 5.92 Å². The van der Waals surface area contributed by atoms with Crippen LogP contribution in [0.5, 0.6) is 0 Å². The van der Waals surface area contributed by atoms with Gasteiger partial charge in [0, 0.05) is 35.2 Å². The van der Waals surface area contributed by atoms with Crippen LogP contribution in [-0.4, -0.2) is 29.8 Å².